The molecule has 2 atom stereocenters. The normalized spacial score (nSPS) is 19.7. The number of amides is 2. The van der Waals surface area contributed by atoms with Crippen LogP contribution in [0, 0.1) is 0 Å². The van der Waals surface area contributed by atoms with Crippen LogP contribution < -0.4 is 10.6 Å². The van der Waals surface area contributed by atoms with Crippen molar-refractivity contribution < 1.29 is 19.5 Å². The van der Waals surface area contributed by atoms with Crippen molar-refractivity contribution in [2.24, 2.45) is 7.05 Å². The largest absolute Gasteiger partial charge is 0.477 e. The molecule has 2 aliphatic rings. The molecule has 174 valence electrons. The highest BCUT2D eigenvalue weighted by molar-refractivity contribution is 8.00. The number of nitrogens with zero attached hydrogens (tertiary/aromatic N) is 5. The molecule has 2 aliphatic heterocycles. The third-order valence-corrected chi connectivity index (χ3v) is 7.90. The standard InChI is InChI=1S/C18H17Cl2N7O4S2/c1-26-18(23-24-25-26)33-7-11(28)22-13-15(29)27-14(17(30)31)8(6-32-16(13)27)5-21-12-9(19)3-2-4-10(12)20/h2-4,13,16,21H,5-7H2,1H3,(H,22,28)(H,30,31)/t13?,16-/m0/s1. The molecule has 3 heterocycles. The van der Waals surface area contributed by atoms with E-state index in [1.54, 1.807) is 25.2 Å². The zero-order valence-corrected chi connectivity index (χ0v) is 20.1. The number of aliphatic carboxylic acids is 1. The maximum Gasteiger partial charge on any atom is 0.352 e. The van der Waals surface area contributed by atoms with E-state index in [0.717, 1.165) is 11.8 Å². The van der Waals surface area contributed by atoms with Gasteiger partial charge in [0.05, 0.1) is 21.5 Å². The number of carboxylic acid groups (broad SMARTS) is 1. The minimum Gasteiger partial charge on any atom is -0.477 e. The zero-order valence-electron chi connectivity index (χ0n) is 17.0. The van der Waals surface area contributed by atoms with Crippen molar-refractivity contribution in [3.63, 3.8) is 0 Å². The van der Waals surface area contributed by atoms with Crippen LogP contribution in [-0.4, -0.2) is 77.5 Å². The molecule has 2 amide bonds. The monoisotopic (exact) mass is 529 g/mol. The lowest BCUT2D eigenvalue weighted by atomic mass is 10.0. The smallest absolute Gasteiger partial charge is 0.352 e. The number of carbonyl (C=O) groups excluding carboxylic acids is 2. The van der Waals surface area contributed by atoms with E-state index >= 15 is 0 Å². The summed E-state index contributed by atoms with van der Waals surface area (Å²) in [6, 6.07) is 4.23. The van der Waals surface area contributed by atoms with Gasteiger partial charge < -0.3 is 15.7 Å². The average molecular weight is 530 g/mol. The van der Waals surface area contributed by atoms with Crippen molar-refractivity contribution >= 4 is 70.2 Å². The van der Waals surface area contributed by atoms with E-state index in [1.807, 2.05) is 0 Å². The third-order valence-electron chi connectivity index (χ3n) is 4.92. The zero-order chi connectivity index (χ0) is 23.7. The first kappa shape index (κ1) is 23.7. The topological polar surface area (TPSA) is 142 Å². The Morgan fingerprint density at radius 3 is 2.70 bits per heavy atom. The number of hydrogen-bond donors (Lipinski definition) is 3. The van der Waals surface area contributed by atoms with E-state index < -0.39 is 23.3 Å². The summed E-state index contributed by atoms with van der Waals surface area (Å²) in [6.07, 6.45) is 0. The Hall–Kier alpha value is -2.48. The fraction of sp³-hybridized carbons (Fsp3) is 0.333. The van der Waals surface area contributed by atoms with E-state index in [2.05, 4.69) is 26.2 Å². The van der Waals surface area contributed by atoms with Gasteiger partial charge in [0.2, 0.25) is 11.1 Å². The van der Waals surface area contributed by atoms with Crippen LogP contribution in [-0.2, 0) is 21.4 Å². The number of tetrazole rings is 1. The number of carboxylic acids is 1. The Bertz CT molecular complexity index is 1140. The Balaban J connectivity index is 1.42. The molecular formula is C18H17Cl2N7O4S2. The van der Waals surface area contributed by atoms with Crippen molar-refractivity contribution in [3.05, 3.63) is 39.5 Å². The van der Waals surface area contributed by atoms with E-state index in [0.29, 0.717) is 32.2 Å². The van der Waals surface area contributed by atoms with Gasteiger partial charge in [0, 0.05) is 19.3 Å². The fourth-order valence-corrected chi connectivity index (χ4v) is 5.91. The predicted molar refractivity (Wildman–Crippen MR) is 124 cm³/mol. The molecule has 0 spiro atoms. The van der Waals surface area contributed by atoms with Gasteiger partial charge in [-0.05, 0) is 28.1 Å². The van der Waals surface area contributed by atoms with Gasteiger partial charge in [0.15, 0.2) is 0 Å². The van der Waals surface area contributed by atoms with Crippen LogP contribution in [0.25, 0.3) is 0 Å². The van der Waals surface area contributed by atoms with Crippen molar-refractivity contribution in [1.29, 1.82) is 0 Å². The molecule has 0 saturated carbocycles. The van der Waals surface area contributed by atoms with Crippen molar-refractivity contribution in [1.82, 2.24) is 30.4 Å². The summed E-state index contributed by atoms with van der Waals surface area (Å²) >= 11 is 14.8. The number of para-hydroxylation sites is 1. The van der Waals surface area contributed by atoms with Gasteiger partial charge in [-0.1, -0.05) is 41.0 Å². The number of halogens is 2. The van der Waals surface area contributed by atoms with Crippen LogP contribution in [0.1, 0.15) is 0 Å². The van der Waals surface area contributed by atoms with Gasteiger partial charge in [-0.2, -0.15) is 0 Å². The van der Waals surface area contributed by atoms with Crippen LogP contribution in [0.15, 0.2) is 34.6 Å². The molecule has 33 heavy (non-hydrogen) atoms. The fourth-order valence-electron chi connectivity index (χ4n) is 3.37. The highest BCUT2D eigenvalue weighted by atomic mass is 35.5. The number of β-lactam (4-membered cyclic amide) rings is 1. The summed E-state index contributed by atoms with van der Waals surface area (Å²) in [4.78, 5) is 38.3. The summed E-state index contributed by atoms with van der Waals surface area (Å²) < 4.78 is 1.43. The maximum absolute atomic E-state index is 12.8. The summed E-state index contributed by atoms with van der Waals surface area (Å²) in [7, 11) is 1.65. The lowest BCUT2D eigenvalue weighted by molar-refractivity contribution is -0.150. The number of aryl methyl sites for hydroxylation is 1. The quantitative estimate of drug-likeness (QED) is 0.339. The van der Waals surface area contributed by atoms with Crippen LogP contribution in [0.5, 0.6) is 0 Å². The van der Waals surface area contributed by atoms with Gasteiger partial charge in [-0.3, -0.25) is 14.5 Å². The lowest BCUT2D eigenvalue weighted by Crippen LogP contribution is -2.70. The first-order chi connectivity index (χ1) is 15.8. The number of rotatable bonds is 8. The molecule has 3 N–H and O–H groups in total. The van der Waals surface area contributed by atoms with Gasteiger partial charge >= 0.3 is 5.97 Å². The molecule has 4 rings (SSSR count). The van der Waals surface area contributed by atoms with E-state index in [4.69, 9.17) is 23.2 Å². The summed E-state index contributed by atoms with van der Waals surface area (Å²) in [5, 5.41) is 27.3. The molecule has 1 aromatic carbocycles. The Labute approximate surface area is 206 Å². The predicted octanol–water partition coefficient (Wildman–Crippen LogP) is 1.46. The van der Waals surface area contributed by atoms with Crippen molar-refractivity contribution in [2.45, 2.75) is 16.6 Å². The number of thioether (sulfide) groups is 2. The number of anilines is 1. The lowest BCUT2D eigenvalue weighted by Gasteiger charge is -2.49. The number of benzene rings is 1. The molecule has 0 aliphatic carbocycles. The third kappa shape index (κ3) is 4.76. The van der Waals surface area contributed by atoms with Gasteiger partial charge in [-0.15, -0.1) is 16.9 Å². The highest BCUT2D eigenvalue weighted by Gasteiger charge is 2.54. The number of hydrogen-bond acceptors (Lipinski definition) is 9. The van der Waals surface area contributed by atoms with Crippen LogP contribution in [0.4, 0.5) is 5.69 Å². The minimum atomic E-state index is -1.22. The molecular weight excluding hydrogens is 513 g/mol. The second kappa shape index (κ2) is 9.79. The maximum atomic E-state index is 12.8. The SMILES string of the molecule is Cn1nnnc1SCC(=O)NC1C(=O)N2C(C(=O)O)=C(CNc3c(Cl)cccc3Cl)CS[C@@H]12. The average Bonchev–Trinajstić information content (AvgIpc) is 3.19. The Morgan fingerprint density at radius 2 is 2.06 bits per heavy atom. The van der Waals surface area contributed by atoms with Crippen LogP contribution in [0.2, 0.25) is 10.0 Å². The summed E-state index contributed by atoms with van der Waals surface area (Å²) in [6.45, 7) is 0.147. The molecule has 1 unspecified atom stereocenters. The number of aromatic nitrogens is 4. The molecule has 2 aromatic rings. The minimum absolute atomic E-state index is 0.0186. The molecule has 1 fully saturated rings. The second-order valence-corrected chi connectivity index (χ2v) is 9.90. The Kier molecular flexibility index (Phi) is 7.02. The molecule has 1 saturated heterocycles. The Morgan fingerprint density at radius 1 is 1.33 bits per heavy atom. The molecule has 0 radical (unpaired) electrons. The molecule has 11 nitrogen and oxygen atoms in total. The number of fused-ring (bicyclic) bond motifs is 1. The molecule has 0 bridgehead atoms. The molecule has 15 heteroatoms. The van der Waals surface area contributed by atoms with Gasteiger partial charge in [-0.25, -0.2) is 9.48 Å². The van der Waals surface area contributed by atoms with Crippen molar-refractivity contribution in [3.8, 4) is 0 Å². The first-order valence-electron chi connectivity index (χ1n) is 9.50. The van der Waals surface area contributed by atoms with Gasteiger partial charge in [0.1, 0.15) is 17.1 Å². The highest BCUT2D eigenvalue weighted by Crippen LogP contribution is 2.41. The van der Waals surface area contributed by atoms with Crippen LogP contribution >= 0.6 is 46.7 Å². The first-order valence-corrected chi connectivity index (χ1v) is 12.3. The van der Waals surface area contributed by atoms with E-state index in [1.165, 1.54) is 21.3 Å². The van der Waals surface area contributed by atoms with Crippen LogP contribution in [0.3, 0.4) is 0 Å². The molecule has 1 aromatic heterocycles. The summed E-state index contributed by atoms with van der Waals surface area (Å²) in [5.74, 6) is -1.69. The second-order valence-electron chi connectivity index (χ2n) is 7.04. The van der Waals surface area contributed by atoms with E-state index in [-0.39, 0.29) is 23.9 Å². The summed E-state index contributed by atoms with van der Waals surface area (Å²) in [5.41, 5.74) is 0.911. The van der Waals surface area contributed by atoms with Crippen molar-refractivity contribution in [2.75, 3.05) is 23.4 Å². The van der Waals surface area contributed by atoms with Gasteiger partial charge in [0.25, 0.3) is 5.91 Å². The van der Waals surface area contributed by atoms with E-state index in [9.17, 15) is 19.5 Å². The number of nitrogens with one attached hydrogen (secondary N) is 2. The number of carbonyl (C=O) groups is 3.